The summed E-state index contributed by atoms with van der Waals surface area (Å²) in [5, 5.41) is 5.21. The Morgan fingerprint density at radius 3 is 2.38 bits per heavy atom. The second-order valence-corrected chi connectivity index (χ2v) is 15.1. The molecule has 1 N–H and O–H groups in total. The van der Waals surface area contributed by atoms with Crippen molar-refractivity contribution in [1.29, 1.82) is 0 Å². The molecule has 2 fully saturated rings. The van der Waals surface area contributed by atoms with Gasteiger partial charge in [0.1, 0.15) is 12.4 Å². The number of thiophene rings is 1. The number of aryl methyl sites for hydroxylation is 1. The van der Waals surface area contributed by atoms with Crippen LogP contribution in [-0.4, -0.2) is 77.1 Å². The van der Waals surface area contributed by atoms with E-state index < -0.39 is 10.0 Å². The number of amides is 1. The standard InChI is InChI=1S/C32H49N3O5S2/c1-22-20-28(39-6)23(2)24(3)32(22)42(37,38)35-17-14-27(15-18-35)40-21-30(36)33-16-13-25-9-11-26(12-10-25)31(34(4)5)29-8-7-19-41-29/h7-8,19-20,25-27,31H,9-18,21H2,1-6H3,(H,33,36). The molecule has 2 aliphatic rings. The number of hydrogen-bond acceptors (Lipinski definition) is 7. The van der Waals surface area contributed by atoms with Gasteiger partial charge in [-0.1, -0.05) is 18.9 Å². The van der Waals surface area contributed by atoms with Crippen molar-refractivity contribution < 1.29 is 22.7 Å². The van der Waals surface area contributed by atoms with E-state index in [-0.39, 0.29) is 18.6 Å². The Balaban J connectivity index is 1.16. The van der Waals surface area contributed by atoms with E-state index in [1.165, 1.54) is 30.6 Å². The predicted octanol–water partition coefficient (Wildman–Crippen LogP) is 5.47. The lowest BCUT2D eigenvalue weighted by molar-refractivity contribution is -0.128. The van der Waals surface area contributed by atoms with Gasteiger partial charge >= 0.3 is 0 Å². The second kappa shape index (κ2) is 14.7. The number of rotatable bonds is 12. The Kier molecular flexibility index (Phi) is 11.5. The summed E-state index contributed by atoms with van der Waals surface area (Å²) in [6, 6.07) is 6.69. The van der Waals surface area contributed by atoms with Gasteiger partial charge < -0.3 is 19.7 Å². The van der Waals surface area contributed by atoms with Crippen molar-refractivity contribution >= 4 is 27.3 Å². The van der Waals surface area contributed by atoms with Gasteiger partial charge in [-0.3, -0.25) is 4.79 Å². The van der Waals surface area contributed by atoms with E-state index in [0.717, 1.165) is 17.5 Å². The quantitative estimate of drug-likeness (QED) is 0.339. The van der Waals surface area contributed by atoms with Crippen LogP contribution in [0.4, 0.5) is 0 Å². The van der Waals surface area contributed by atoms with E-state index in [1.807, 2.05) is 32.1 Å². The molecule has 4 rings (SSSR count). The zero-order chi connectivity index (χ0) is 30.4. The number of carbonyl (C=O) groups is 1. The average Bonchev–Trinajstić information content (AvgIpc) is 3.49. The van der Waals surface area contributed by atoms with E-state index in [4.69, 9.17) is 9.47 Å². The molecular formula is C32H49N3O5S2. The molecule has 1 unspecified atom stereocenters. The summed E-state index contributed by atoms with van der Waals surface area (Å²) in [6.07, 6.45) is 6.91. The molecule has 2 aromatic rings. The largest absolute Gasteiger partial charge is 0.496 e. The van der Waals surface area contributed by atoms with Crippen molar-refractivity contribution in [2.24, 2.45) is 11.8 Å². The van der Waals surface area contributed by atoms with Crippen LogP contribution in [0.15, 0.2) is 28.5 Å². The normalized spacial score (nSPS) is 21.4. The number of nitrogens with one attached hydrogen (secondary N) is 1. The summed E-state index contributed by atoms with van der Waals surface area (Å²) in [5.41, 5.74) is 2.26. The van der Waals surface area contributed by atoms with Gasteiger partial charge in [0.25, 0.3) is 0 Å². The molecule has 0 bridgehead atoms. The first-order valence-corrected chi connectivity index (χ1v) is 17.6. The molecule has 1 saturated heterocycles. The lowest BCUT2D eigenvalue weighted by Gasteiger charge is -2.37. The minimum atomic E-state index is -3.63. The minimum absolute atomic E-state index is 0.0192. The van der Waals surface area contributed by atoms with E-state index in [0.29, 0.717) is 66.6 Å². The Labute approximate surface area is 256 Å². The molecule has 2 heterocycles. The highest BCUT2D eigenvalue weighted by atomic mass is 32.2. The van der Waals surface area contributed by atoms with E-state index in [9.17, 15) is 13.2 Å². The van der Waals surface area contributed by atoms with Crippen LogP contribution in [0.1, 0.15) is 72.6 Å². The number of nitrogens with zero attached hydrogens (tertiary/aromatic N) is 2. The van der Waals surface area contributed by atoms with Gasteiger partial charge in [0.15, 0.2) is 0 Å². The average molecular weight is 620 g/mol. The molecule has 42 heavy (non-hydrogen) atoms. The molecule has 1 aromatic heterocycles. The number of methoxy groups -OCH3 is 1. The molecule has 1 aromatic carbocycles. The van der Waals surface area contributed by atoms with E-state index in [2.05, 4.69) is 41.8 Å². The minimum Gasteiger partial charge on any atom is -0.496 e. The summed E-state index contributed by atoms with van der Waals surface area (Å²) in [6.45, 7) is 6.99. The maximum Gasteiger partial charge on any atom is 0.246 e. The number of sulfonamides is 1. The smallest absolute Gasteiger partial charge is 0.246 e. The van der Waals surface area contributed by atoms with Crippen molar-refractivity contribution in [1.82, 2.24) is 14.5 Å². The molecular weight excluding hydrogens is 571 g/mol. The maximum absolute atomic E-state index is 13.5. The van der Waals surface area contributed by atoms with Crippen LogP contribution in [0.5, 0.6) is 5.75 Å². The Morgan fingerprint density at radius 2 is 1.79 bits per heavy atom. The highest BCUT2D eigenvalue weighted by molar-refractivity contribution is 7.89. The Morgan fingerprint density at radius 1 is 1.10 bits per heavy atom. The lowest BCUT2D eigenvalue weighted by atomic mass is 9.76. The number of benzene rings is 1. The van der Waals surface area contributed by atoms with Crippen LogP contribution < -0.4 is 10.1 Å². The third-order valence-corrected chi connectivity index (χ3v) is 12.4. The number of hydrogen-bond donors (Lipinski definition) is 1. The molecule has 10 heteroatoms. The summed E-state index contributed by atoms with van der Waals surface area (Å²) in [7, 11) is 2.34. The number of ether oxygens (including phenoxy) is 2. The third kappa shape index (κ3) is 7.75. The number of piperidine rings is 1. The predicted molar refractivity (Wildman–Crippen MR) is 169 cm³/mol. The van der Waals surface area contributed by atoms with E-state index >= 15 is 0 Å². The molecule has 234 valence electrons. The Hall–Kier alpha value is -1.98. The van der Waals surface area contributed by atoms with Gasteiger partial charge in [0.2, 0.25) is 15.9 Å². The van der Waals surface area contributed by atoms with Crippen LogP contribution in [0.25, 0.3) is 0 Å². The van der Waals surface area contributed by atoms with Gasteiger partial charge in [-0.15, -0.1) is 11.3 Å². The highest BCUT2D eigenvalue weighted by Gasteiger charge is 2.33. The fourth-order valence-electron chi connectivity index (χ4n) is 6.82. The number of carbonyl (C=O) groups excluding carboxylic acids is 1. The highest BCUT2D eigenvalue weighted by Crippen LogP contribution is 2.41. The fourth-order valence-corrected chi connectivity index (χ4v) is 9.79. The first-order chi connectivity index (χ1) is 20.0. The first-order valence-electron chi connectivity index (χ1n) is 15.3. The van der Waals surface area contributed by atoms with Crippen LogP contribution >= 0.6 is 11.3 Å². The van der Waals surface area contributed by atoms with Crippen molar-refractivity contribution in [3.8, 4) is 5.75 Å². The Bertz CT molecular complexity index is 1280. The maximum atomic E-state index is 13.5. The van der Waals surface area contributed by atoms with Crippen molar-refractivity contribution in [3.05, 3.63) is 45.1 Å². The van der Waals surface area contributed by atoms with Gasteiger partial charge in [0, 0.05) is 30.6 Å². The SMILES string of the molecule is COc1cc(C)c(S(=O)(=O)N2CCC(OCC(=O)NCCC3CCC(C(c4cccs4)N(C)C)CC3)CC2)c(C)c1C. The van der Waals surface area contributed by atoms with Crippen LogP contribution in [-0.2, 0) is 19.6 Å². The lowest BCUT2D eigenvalue weighted by Crippen LogP contribution is -2.42. The summed E-state index contributed by atoms with van der Waals surface area (Å²) >= 11 is 1.85. The van der Waals surface area contributed by atoms with Crippen molar-refractivity contribution in [2.45, 2.75) is 82.8 Å². The molecule has 1 atom stereocenters. The van der Waals surface area contributed by atoms with Gasteiger partial charge in [-0.25, -0.2) is 8.42 Å². The molecule has 1 aliphatic heterocycles. The summed E-state index contributed by atoms with van der Waals surface area (Å²) in [4.78, 5) is 16.7. The van der Waals surface area contributed by atoms with Crippen LogP contribution in [0.2, 0.25) is 0 Å². The zero-order valence-corrected chi connectivity index (χ0v) is 27.8. The van der Waals surface area contributed by atoms with Gasteiger partial charge in [-0.05, 0) is 113 Å². The summed E-state index contributed by atoms with van der Waals surface area (Å²) in [5.74, 6) is 1.95. The van der Waals surface area contributed by atoms with Crippen molar-refractivity contribution in [3.63, 3.8) is 0 Å². The molecule has 1 amide bonds. The first kappa shape index (κ1) is 32.9. The third-order valence-electron chi connectivity index (χ3n) is 9.25. The van der Waals surface area contributed by atoms with Crippen LogP contribution in [0, 0.1) is 32.6 Å². The summed E-state index contributed by atoms with van der Waals surface area (Å²) < 4.78 is 39.9. The monoisotopic (exact) mass is 619 g/mol. The zero-order valence-electron chi connectivity index (χ0n) is 26.1. The molecule has 8 nitrogen and oxygen atoms in total. The van der Waals surface area contributed by atoms with E-state index in [1.54, 1.807) is 17.5 Å². The van der Waals surface area contributed by atoms with Gasteiger partial charge in [-0.2, -0.15) is 4.31 Å². The molecule has 0 spiro atoms. The fraction of sp³-hybridized carbons (Fsp3) is 0.656. The topological polar surface area (TPSA) is 88.2 Å². The molecule has 0 radical (unpaired) electrons. The van der Waals surface area contributed by atoms with Crippen molar-refractivity contribution in [2.75, 3.05) is 47.4 Å². The van der Waals surface area contributed by atoms with Gasteiger partial charge in [0.05, 0.1) is 18.1 Å². The molecule has 1 aliphatic carbocycles. The van der Waals surface area contributed by atoms with Crippen LogP contribution in [0.3, 0.4) is 0 Å². The second-order valence-electron chi connectivity index (χ2n) is 12.2. The molecule has 1 saturated carbocycles.